The number of hydrogen-bond donors (Lipinski definition) is 2. The van der Waals surface area contributed by atoms with Crippen LogP contribution in [0.2, 0.25) is 0 Å². The number of esters is 1. The van der Waals surface area contributed by atoms with Crippen LogP contribution >= 0.6 is 0 Å². The van der Waals surface area contributed by atoms with Gasteiger partial charge < -0.3 is 19.9 Å². The summed E-state index contributed by atoms with van der Waals surface area (Å²) in [6.45, 7) is 6.35. The van der Waals surface area contributed by atoms with E-state index in [1.165, 1.54) is 10.6 Å². The van der Waals surface area contributed by atoms with Crippen LogP contribution in [0.5, 0.6) is 0 Å². The van der Waals surface area contributed by atoms with Crippen molar-refractivity contribution in [1.29, 1.82) is 5.26 Å². The number of benzene rings is 2. The number of hydrogen-bond acceptors (Lipinski definition) is 6. The molecule has 2 aromatic carbocycles. The first kappa shape index (κ1) is 28.2. The summed E-state index contributed by atoms with van der Waals surface area (Å²) in [4.78, 5) is 39.8. The fraction of sp³-hybridized carbons (Fsp3) is 0.333. The van der Waals surface area contributed by atoms with Gasteiger partial charge in [-0.1, -0.05) is 81.4 Å². The lowest BCUT2D eigenvalue weighted by molar-refractivity contribution is -0.148. The van der Waals surface area contributed by atoms with E-state index in [9.17, 15) is 14.4 Å². The highest BCUT2D eigenvalue weighted by atomic mass is 16.5. The highest BCUT2D eigenvalue weighted by Crippen LogP contribution is 2.25. The number of pyridine rings is 1. The Morgan fingerprint density at radius 2 is 1.58 bits per heavy atom. The summed E-state index contributed by atoms with van der Waals surface area (Å²) >= 11 is 0. The Morgan fingerprint density at radius 1 is 0.974 bits per heavy atom. The van der Waals surface area contributed by atoms with Crippen LogP contribution in [0.25, 0.3) is 0 Å². The molecule has 8 nitrogen and oxygen atoms in total. The minimum Gasteiger partial charge on any atom is -0.464 e. The van der Waals surface area contributed by atoms with Gasteiger partial charge in [-0.25, -0.2) is 4.79 Å². The van der Waals surface area contributed by atoms with E-state index in [1.807, 2.05) is 87.6 Å². The molecule has 0 saturated heterocycles. The molecule has 0 aliphatic rings. The van der Waals surface area contributed by atoms with Gasteiger partial charge in [0.05, 0.1) is 12.6 Å². The predicted octanol–water partition coefficient (Wildman–Crippen LogP) is 4.02. The molecule has 1 amide bonds. The number of nitrogens with zero attached hydrogens (tertiary/aromatic N) is 2. The average molecular weight is 515 g/mol. The molecule has 1 heterocycles. The normalized spacial score (nSPS) is 11.9. The smallest absolute Gasteiger partial charge is 0.328 e. The van der Waals surface area contributed by atoms with Crippen molar-refractivity contribution in [2.24, 2.45) is 5.41 Å². The van der Waals surface area contributed by atoms with E-state index in [4.69, 9.17) is 10.00 Å². The van der Waals surface area contributed by atoms with Gasteiger partial charge in [0.25, 0.3) is 11.5 Å². The Bertz CT molecular complexity index is 1270. The number of amides is 1. The van der Waals surface area contributed by atoms with Gasteiger partial charge in [-0.3, -0.25) is 9.59 Å². The van der Waals surface area contributed by atoms with Crippen molar-refractivity contribution < 1.29 is 14.3 Å². The van der Waals surface area contributed by atoms with E-state index in [2.05, 4.69) is 10.6 Å². The third-order valence-electron chi connectivity index (χ3n) is 5.84. The van der Waals surface area contributed by atoms with Crippen LogP contribution in [0.3, 0.4) is 0 Å². The molecule has 8 heteroatoms. The fourth-order valence-corrected chi connectivity index (χ4v) is 3.99. The highest BCUT2D eigenvalue weighted by Gasteiger charge is 2.27. The molecule has 0 bridgehead atoms. The molecule has 3 aromatic rings. The van der Waals surface area contributed by atoms with Crippen LogP contribution in [0.4, 0.5) is 0 Å². The first-order chi connectivity index (χ1) is 18.2. The second kappa shape index (κ2) is 13.2. The second-order valence-corrected chi connectivity index (χ2v) is 10.2. The molecule has 0 aliphatic heterocycles. The van der Waals surface area contributed by atoms with Crippen molar-refractivity contribution in [3.05, 3.63) is 106 Å². The number of nitriles is 1. The van der Waals surface area contributed by atoms with Crippen molar-refractivity contribution in [3.63, 3.8) is 0 Å². The lowest BCUT2D eigenvalue weighted by Crippen LogP contribution is -2.45. The van der Waals surface area contributed by atoms with E-state index >= 15 is 0 Å². The molecule has 0 unspecified atom stereocenters. The van der Waals surface area contributed by atoms with Crippen molar-refractivity contribution in [1.82, 2.24) is 15.2 Å². The number of ether oxygens (including phenoxy) is 1. The summed E-state index contributed by atoms with van der Waals surface area (Å²) in [5.74, 6) is -1.23. The highest BCUT2D eigenvalue weighted by molar-refractivity contribution is 5.96. The molecule has 2 N–H and O–H groups in total. The maximum absolute atomic E-state index is 13.6. The first-order valence-electron chi connectivity index (χ1n) is 12.6. The van der Waals surface area contributed by atoms with Crippen molar-refractivity contribution in [2.45, 2.75) is 45.7 Å². The molecule has 1 atom stereocenters. The molecule has 0 fully saturated rings. The maximum atomic E-state index is 13.6. The van der Waals surface area contributed by atoms with E-state index in [1.54, 1.807) is 12.3 Å². The van der Waals surface area contributed by atoms with Crippen LogP contribution in [-0.2, 0) is 9.53 Å². The third-order valence-corrected chi connectivity index (χ3v) is 5.84. The van der Waals surface area contributed by atoms with E-state index in [0.717, 1.165) is 11.1 Å². The molecule has 3 rings (SSSR count). The molecule has 0 radical (unpaired) electrons. The Morgan fingerprint density at radius 3 is 2.13 bits per heavy atom. The lowest BCUT2D eigenvalue weighted by Gasteiger charge is -2.23. The molecule has 38 heavy (non-hydrogen) atoms. The molecule has 1 aromatic heterocycles. The Labute approximate surface area is 223 Å². The van der Waals surface area contributed by atoms with Gasteiger partial charge in [-0.15, -0.1) is 0 Å². The number of carbonyl (C=O) groups is 2. The van der Waals surface area contributed by atoms with Crippen LogP contribution in [-0.4, -0.2) is 35.6 Å². The van der Waals surface area contributed by atoms with Gasteiger partial charge in [-0.2, -0.15) is 5.26 Å². The minimum atomic E-state index is -0.961. The quantitative estimate of drug-likeness (QED) is 0.173. The topological polar surface area (TPSA) is 113 Å². The van der Waals surface area contributed by atoms with Crippen LogP contribution < -0.4 is 16.2 Å². The largest absolute Gasteiger partial charge is 0.464 e. The predicted molar refractivity (Wildman–Crippen MR) is 145 cm³/mol. The molecule has 0 saturated carbocycles. The Balaban J connectivity index is 1.91. The number of nitrogens with one attached hydrogen (secondary N) is 2. The fourth-order valence-electron chi connectivity index (χ4n) is 3.99. The summed E-state index contributed by atoms with van der Waals surface area (Å²) in [6, 6.07) is 20.9. The van der Waals surface area contributed by atoms with Crippen LogP contribution in [0.15, 0.2) is 83.8 Å². The van der Waals surface area contributed by atoms with Crippen LogP contribution in [0.1, 0.15) is 61.1 Å². The second-order valence-electron chi connectivity index (χ2n) is 10.2. The van der Waals surface area contributed by atoms with Gasteiger partial charge >= 0.3 is 5.97 Å². The van der Waals surface area contributed by atoms with Crippen molar-refractivity contribution in [3.8, 4) is 6.19 Å². The van der Waals surface area contributed by atoms with Crippen molar-refractivity contribution >= 4 is 11.9 Å². The Hall–Kier alpha value is -4.38. The molecule has 0 aliphatic carbocycles. The number of rotatable bonds is 11. The summed E-state index contributed by atoms with van der Waals surface area (Å²) in [5.41, 5.74) is 0.992. The monoisotopic (exact) mass is 514 g/mol. The van der Waals surface area contributed by atoms with Gasteiger partial charge in [0.1, 0.15) is 11.6 Å². The number of carbonyl (C=O) groups excluding carboxylic acids is 2. The summed E-state index contributed by atoms with van der Waals surface area (Å²) in [7, 11) is 0. The summed E-state index contributed by atoms with van der Waals surface area (Å²) < 4.78 is 6.98. The standard InChI is InChI=1S/C30H34N4O4/c1-30(2,3)20-38-29(37)25(17-10-18-32-21-31)33-27(35)24-16-11-19-34(28(24)36)26(22-12-6-4-7-13-22)23-14-8-5-9-15-23/h4-9,11-16,19,25-26,32H,10,17-18,20H2,1-3H3,(H,33,35)/t25-/m0/s1. The van der Waals surface area contributed by atoms with Gasteiger partial charge in [0.15, 0.2) is 6.19 Å². The lowest BCUT2D eigenvalue weighted by atomic mass is 9.98. The average Bonchev–Trinajstić information content (AvgIpc) is 2.91. The van der Waals surface area contributed by atoms with Crippen LogP contribution in [0, 0.1) is 16.9 Å². The van der Waals surface area contributed by atoms with Gasteiger partial charge in [-0.05, 0) is 41.5 Å². The van der Waals surface area contributed by atoms with Crippen molar-refractivity contribution in [2.75, 3.05) is 13.2 Å². The number of aromatic nitrogens is 1. The van der Waals surface area contributed by atoms with E-state index in [0.29, 0.717) is 13.0 Å². The zero-order chi connectivity index (χ0) is 27.5. The molecule has 198 valence electrons. The third kappa shape index (κ3) is 7.81. The summed E-state index contributed by atoms with van der Waals surface area (Å²) in [6.07, 6.45) is 4.20. The van der Waals surface area contributed by atoms with E-state index in [-0.39, 0.29) is 24.0 Å². The minimum absolute atomic E-state index is 0.0758. The van der Waals surface area contributed by atoms with Gasteiger partial charge in [0.2, 0.25) is 0 Å². The van der Waals surface area contributed by atoms with Gasteiger partial charge in [0, 0.05) is 12.7 Å². The van der Waals surface area contributed by atoms with E-state index < -0.39 is 29.5 Å². The SMILES string of the molecule is CC(C)(C)COC(=O)[C@H](CCCNC#N)NC(=O)c1cccn(C(c2ccccc2)c2ccccc2)c1=O. The maximum Gasteiger partial charge on any atom is 0.328 e. The molecular weight excluding hydrogens is 480 g/mol. The molecule has 0 spiro atoms. The Kier molecular flexibility index (Phi) is 9.83. The first-order valence-corrected chi connectivity index (χ1v) is 12.6. The zero-order valence-electron chi connectivity index (χ0n) is 22.0. The molecular formula is C30H34N4O4. The zero-order valence-corrected chi connectivity index (χ0v) is 22.0. The summed E-state index contributed by atoms with van der Waals surface area (Å²) in [5, 5.41) is 13.9.